The number of hydrogen-bond acceptors (Lipinski definition) is 5. The Hall–Kier alpha value is -2.88. The Balaban J connectivity index is 1.45. The molecular formula is C21H20ClF3N6O. The first kappa shape index (κ1) is 21.0. The minimum atomic E-state index is -4.46. The molecule has 1 aromatic carbocycles. The summed E-state index contributed by atoms with van der Waals surface area (Å²) in [7, 11) is 0. The number of rotatable bonds is 3. The van der Waals surface area contributed by atoms with Gasteiger partial charge in [-0.1, -0.05) is 6.07 Å². The molecule has 11 heteroatoms. The molecule has 4 heterocycles. The maximum absolute atomic E-state index is 13.2. The minimum absolute atomic E-state index is 0.00179. The van der Waals surface area contributed by atoms with E-state index in [9.17, 15) is 18.0 Å². The van der Waals surface area contributed by atoms with Gasteiger partial charge in [0.2, 0.25) is 11.2 Å². The predicted octanol–water partition coefficient (Wildman–Crippen LogP) is 4.08. The third-order valence-corrected chi connectivity index (χ3v) is 6.28. The summed E-state index contributed by atoms with van der Waals surface area (Å²) in [6, 6.07) is 5.13. The Bertz CT molecular complexity index is 1170. The fraction of sp³-hybridized carbons (Fsp3) is 0.429. The van der Waals surface area contributed by atoms with Gasteiger partial charge in [0.25, 0.3) is 0 Å². The molecule has 2 saturated heterocycles. The van der Waals surface area contributed by atoms with E-state index in [-0.39, 0.29) is 22.9 Å². The Morgan fingerprint density at radius 3 is 2.56 bits per heavy atom. The van der Waals surface area contributed by atoms with Gasteiger partial charge < -0.3 is 9.80 Å². The second kappa shape index (κ2) is 7.91. The van der Waals surface area contributed by atoms with Crippen LogP contribution >= 0.6 is 11.6 Å². The van der Waals surface area contributed by atoms with Crippen molar-refractivity contribution in [2.24, 2.45) is 0 Å². The number of fused-ring (bicyclic) bond motifs is 1. The van der Waals surface area contributed by atoms with Crippen LogP contribution in [-0.4, -0.2) is 56.2 Å². The van der Waals surface area contributed by atoms with Crippen molar-refractivity contribution in [3.8, 4) is 5.69 Å². The molecule has 2 fully saturated rings. The van der Waals surface area contributed by atoms with Crippen molar-refractivity contribution in [1.29, 1.82) is 0 Å². The van der Waals surface area contributed by atoms with Gasteiger partial charge in [0, 0.05) is 32.1 Å². The molecule has 0 spiro atoms. The lowest BCUT2D eigenvalue weighted by Gasteiger charge is -2.37. The highest BCUT2D eigenvalue weighted by Crippen LogP contribution is 2.33. The van der Waals surface area contributed by atoms with Gasteiger partial charge in [-0.3, -0.25) is 4.79 Å². The molecule has 32 heavy (non-hydrogen) atoms. The number of anilines is 1. The van der Waals surface area contributed by atoms with Gasteiger partial charge in [0.15, 0.2) is 5.65 Å². The van der Waals surface area contributed by atoms with Crippen molar-refractivity contribution in [3.05, 3.63) is 41.3 Å². The van der Waals surface area contributed by atoms with Crippen molar-refractivity contribution in [1.82, 2.24) is 24.6 Å². The summed E-state index contributed by atoms with van der Waals surface area (Å²) in [5, 5.41) is 4.89. The highest BCUT2D eigenvalue weighted by atomic mass is 35.5. The molecule has 0 N–H and O–H groups in total. The van der Waals surface area contributed by atoms with Gasteiger partial charge in [-0.15, -0.1) is 0 Å². The normalized spacial score (nSPS) is 18.2. The molecule has 2 aliphatic rings. The number of piperidine rings is 1. The van der Waals surface area contributed by atoms with Crippen LogP contribution in [0.5, 0.6) is 0 Å². The van der Waals surface area contributed by atoms with Gasteiger partial charge >= 0.3 is 6.18 Å². The van der Waals surface area contributed by atoms with E-state index in [1.54, 1.807) is 6.20 Å². The van der Waals surface area contributed by atoms with Crippen LogP contribution in [0.25, 0.3) is 16.7 Å². The fourth-order valence-corrected chi connectivity index (χ4v) is 4.72. The molecule has 1 amide bonds. The number of halogens is 4. The fourth-order valence-electron chi connectivity index (χ4n) is 4.56. The van der Waals surface area contributed by atoms with E-state index >= 15 is 0 Å². The van der Waals surface area contributed by atoms with Crippen molar-refractivity contribution in [3.63, 3.8) is 0 Å². The van der Waals surface area contributed by atoms with Crippen molar-refractivity contribution < 1.29 is 18.0 Å². The molecule has 7 nitrogen and oxygen atoms in total. The van der Waals surface area contributed by atoms with E-state index in [2.05, 4.69) is 20.0 Å². The summed E-state index contributed by atoms with van der Waals surface area (Å²) >= 11 is 6.19. The zero-order chi connectivity index (χ0) is 22.5. The molecule has 3 aromatic rings. The quantitative estimate of drug-likeness (QED) is 0.546. The summed E-state index contributed by atoms with van der Waals surface area (Å²) < 4.78 is 40.8. The van der Waals surface area contributed by atoms with E-state index in [1.165, 1.54) is 16.8 Å². The summed E-state index contributed by atoms with van der Waals surface area (Å²) in [5.74, 6) is 0.822. The Labute approximate surface area is 186 Å². The summed E-state index contributed by atoms with van der Waals surface area (Å²) in [6.45, 7) is 2.19. The van der Waals surface area contributed by atoms with E-state index in [1.807, 2.05) is 4.90 Å². The second-order valence-electron chi connectivity index (χ2n) is 8.07. The average molecular weight is 465 g/mol. The van der Waals surface area contributed by atoms with E-state index in [0.717, 1.165) is 37.9 Å². The maximum atomic E-state index is 13.2. The van der Waals surface area contributed by atoms with Crippen molar-refractivity contribution in [2.45, 2.75) is 37.9 Å². The zero-order valence-electron chi connectivity index (χ0n) is 17.0. The second-order valence-corrected chi connectivity index (χ2v) is 8.40. The maximum Gasteiger partial charge on any atom is 0.416 e. The monoisotopic (exact) mass is 464 g/mol. The highest BCUT2D eigenvalue weighted by molar-refractivity contribution is 6.28. The predicted molar refractivity (Wildman–Crippen MR) is 113 cm³/mol. The third kappa shape index (κ3) is 3.76. The molecule has 0 bridgehead atoms. The minimum Gasteiger partial charge on any atom is -0.356 e. The summed E-state index contributed by atoms with van der Waals surface area (Å²) in [6.07, 6.45) is 0.259. The van der Waals surface area contributed by atoms with Crippen LogP contribution < -0.4 is 4.90 Å². The van der Waals surface area contributed by atoms with Crippen molar-refractivity contribution in [2.75, 3.05) is 24.5 Å². The molecule has 2 aromatic heterocycles. The SMILES string of the molecule is O=C1CCCN1C1CCN(c2nc(Cl)nc3c2cnn3-c2cccc(C(F)(F)F)c2)CC1. The van der Waals surface area contributed by atoms with Crippen molar-refractivity contribution >= 4 is 34.4 Å². The molecule has 2 aliphatic heterocycles. The van der Waals surface area contributed by atoms with Crippen LogP contribution in [0.15, 0.2) is 30.5 Å². The Kier molecular flexibility index (Phi) is 5.19. The first-order valence-corrected chi connectivity index (χ1v) is 10.8. The number of nitrogens with zero attached hydrogens (tertiary/aromatic N) is 6. The summed E-state index contributed by atoms with van der Waals surface area (Å²) in [5.41, 5.74) is -0.185. The zero-order valence-corrected chi connectivity index (χ0v) is 17.8. The highest BCUT2D eigenvalue weighted by Gasteiger charge is 2.33. The number of benzene rings is 1. The van der Waals surface area contributed by atoms with Crippen LogP contribution in [0, 0.1) is 0 Å². The number of hydrogen-bond donors (Lipinski definition) is 0. The number of likely N-dealkylation sites (tertiary alicyclic amines) is 1. The average Bonchev–Trinajstić information content (AvgIpc) is 3.39. The molecular weight excluding hydrogens is 445 g/mol. The lowest BCUT2D eigenvalue weighted by molar-refractivity contribution is -0.137. The lowest BCUT2D eigenvalue weighted by Crippen LogP contribution is -2.45. The van der Waals surface area contributed by atoms with Crippen LogP contribution in [0.1, 0.15) is 31.2 Å². The topological polar surface area (TPSA) is 67.2 Å². The third-order valence-electron chi connectivity index (χ3n) is 6.11. The molecule has 0 atom stereocenters. The van der Waals surface area contributed by atoms with Crippen LogP contribution in [0.2, 0.25) is 5.28 Å². The van der Waals surface area contributed by atoms with Crippen LogP contribution in [0.3, 0.4) is 0 Å². The molecule has 168 valence electrons. The number of amides is 1. The molecule has 0 aliphatic carbocycles. The van der Waals surface area contributed by atoms with Gasteiger partial charge in [0.05, 0.1) is 22.8 Å². The molecule has 0 radical (unpaired) electrons. The first-order valence-electron chi connectivity index (χ1n) is 10.4. The van der Waals surface area contributed by atoms with Gasteiger partial charge in [-0.2, -0.15) is 28.2 Å². The van der Waals surface area contributed by atoms with E-state index in [4.69, 9.17) is 11.6 Å². The molecule has 0 unspecified atom stereocenters. The van der Waals surface area contributed by atoms with Crippen LogP contribution in [0.4, 0.5) is 19.0 Å². The Morgan fingerprint density at radius 2 is 1.88 bits per heavy atom. The number of aromatic nitrogens is 4. The molecule has 5 rings (SSSR count). The van der Waals surface area contributed by atoms with Gasteiger partial charge in [0.1, 0.15) is 5.82 Å². The molecule has 0 saturated carbocycles. The van der Waals surface area contributed by atoms with E-state index < -0.39 is 11.7 Å². The summed E-state index contributed by atoms with van der Waals surface area (Å²) in [4.78, 5) is 24.7. The standard InChI is InChI=1S/C21H20ClF3N6O/c22-20-27-18(29-9-6-14(7-10-29)30-8-2-5-17(30)32)16-12-26-31(19(16)28-20)15-4-1-3-13(11-15)21(23,24)25/h1,3-4,11-12,14H,2,5-10H2. The number of carbonyl (C=O) groups is 1. The number of alkyl halides is 3. The smallest absolute Gasteiger partial charge is 0.356 e. The Morgan fingerprint density at radius 1 is 1.09 bits per heavy atom. The van der Waals surface area contributed by atoms with Crippen LogP contribution in [-0.2, 0) is 11.0 Å². The van der Waals surface area contributed by atoms with E-state index in [0.29, 0.717) is 36.4 Å². The largest absolute Gasteiger partial charge is 0.416 e. The van der Waals surface area contributed by atoms with Gasteiger partial charge in [-0.05, 0) is 49.1 Å². The lowest BCUT2D eigenvalue weighted by atomic mass is 10.0. The first-order chi connectivity index (χ1) is 15.3. The van der Waals surface area contributed by atoms with Gasteiger partial charge in [-0.25, -0.2) is 4.68 Å². The number of carbonyl (C=O) groups excluding carboxylic acids is 1.